The van der Waals surface area contributed by atoms with Gasteiger partial charge in [0.25, 0.3) is 0 Å². The van der Waals surface area contributed by atoms with Gasteiger partial charge in [0.1, 0.15) is 60.7 Å². The van der Waals surface area contributed by atoms with Crippen LogP contribution in [0, 0.1) is 5.92 Å². The molecule has 2 heterocycles. The molecule has 0 aromatic heterocycles. The molecule has 0 radical (unpaired) electrons. The Labute approximate surface area is 379 Å². The highest BCUT2D eigenvalue weighted by Crippen LogP contribution is 2.37. The van der Waals surface area contributed by atoms with Crippen molar-refractivity contribution in [2.45, 2.75) is 165 Å². The van der Waals surface area contributed by atoms with Crippen molar-refractivity contribution >= 4 is 53.3 Å². The number of carbonyl (C=O) groups is 9. The molecule has 2 fully saturated rings. The lowest BCUT2D eigenvalue weighted by atomic mass is 9.76. The minimum Gasteiger partial charge on any atom is -0.480 e. The van der Waals surface area contributed by atoms with Gasteiger partial charge in [0.2, 0.25) is 41.4 Å². The van der Waals surface area contributed by atoms with Crippen molar-refractivity contribution in [3.05, 3.63) is 0 Å². The number of rotatable bonds is 25. The van der Waals surface area contributed by atoms with E-state index in [1.54, 1.807) is 0 Å². The first-order chi connectivity index (χ1) is 30.9. The van der Waals surface area contributed by atoms with Crippen LogP contribution in [-0.2, 0) is 57.4 Å². The number of hydrogen-bond acceptors (Lipinski definition) is 18. The molecule has 66 heavy (non-hydrogen) atoms. The molecule has 0 saturated carbocycles. The van der Waals surface area contributed by atoms with Crippen LogP contribution < -0.4 is 43.0 Å². The van der Waals surface area contributed by atoms with Crippen molar-refractivity contribution in [2.75, 3.05) is 19.8 Å². The van der Waals surface area contributed by atoms with Crippen LogP contribution in [0.1, 0.15) is 73.6 Å². The topological polar surface area (TPSA) is 433 Å². The van der Waals surface area contributed by atoms with E-state index in [9.17, 15) is 73.8 Å². The number of carboxylic acids is 2. The standard InChI is InChI=1S/C39H66N8O19/c1-15(33(55)43-17(3)37(59)60)42-36(58)21(9-7-8-12-40)46-25(52)11-10-22(38(61)62)47-34(56)16(2)41-35(57)18(4)64-32-26(23(13-48)66-39(63)28(32)45-20(6)51)31-27(44-19(5)50)30(54)29(53)24(14-49)65-31/h15-18,21-24,26-32,39,48-49,53-54,63H,7-14,40H2,1-6H3,(H,41,57)(H,42,58)(H,43,55)(H,44,50)(H,45,51)(H,46,52)(H,47,56)(H,59,60)(H,61,62)/t15-,16+,17-,18-,21+,22-,23-,24-,26+,27-,28-,29-,30-,31+,32+,39-/m1/s1. The number of hydrogen-bond donors (Lipinski definition) is 15. The summed E-state index contributed by atoms with van der Waals surface area (Å²) in [6.45, 7) is 5.70. The third-order valence-electron chi connectivity index (χ3n) is 10.9. The van der Waals surface area contributed by atoms with Gasteiger partial charge >= 0.3 is 11.9 Å². The number of unbranched alkanes of at least 4 members (excludes halogenated alkanes) is 1. The van der Waals surface area contributed by atoms with Crippen molar-refractivity contribution in [3.8, 4) is 0 Å². The van der Waals surface area contributed by atoms with E-state index in [-0.39, 0.29) is 13.0 Å². The fourth-order valence-corrected chi connectivity index (χ4v) is 7.30. The van der Waals surface area contributed by atoms with E-state index >= 15 is 0 Å². The van der Waals surface area contributed by atoms with Gasteiger partial charge in [-0.25, -0.2) is 4.79 Å². The van der Waals surface area contributed by atoms with Crippen LogP contribution in [0.2, 0.25) is 0 Å². The van der Waals surface area contributed by atoms with E-state index in [1.165, 1.54) is 27.7 Å². The molecule has 0 aliphatic carbocycles. The molecule has 0 aromatic carbocycles. The smallest absolute Gasteiger partial charge is 0.326 e. The summed E-state index contributed by atoms with van der Waals surface area (Å²) in [7, 11) is 0. The van der Waals surface area contributed by atoms with Gasteiger partial charge in [-0.2, -0.15) is 0 Å². The maximum Gasteiger partial charge on any atom is 0.326 e. The Balaban J connectivity index is 2.22. The number of nitrogens with one attached hydrogen (secondary N) is 7. The molecule has 2 rings (SSSR count). The molecule has 2 saturated heterocycles. The van der Waals surface area contributed by atoms with Crippen LogP contribution in [0.25, 0.3) is 0 Å². The van der Waals surface area contributed by atoms with Crippen molar-refractivity contribution in [1.82, 2.24) is 37.2 Å². The number of carbonyl (C=O) groups excluding carboxylic acids is 7. The highest BCUT2D eigenvalue weighted by Gasteiger charge is 2.57. The minimum atomic E-state index is -1.88. The lowest BCUT2D eigenvalue weighted by molar-refractivity contribution is -0.290. The molecule has 0 bridgehead atoms. The van der Waals surface area contributed by atoms with Crippen LogP contribution in [0.5, 0.6) is 0 Å². The Morgan fingerprint density at radius 3 is 1.70 bits per heavy atom. The van der Waals surface area contributed by atoms with Gasteiger partial charge in [-0.3, -0.25) is 38.4 Å². The molecule has 0 aromatic rings. The van der Waals surface area contributed by atoms with Crippen LogP contribution in [0.3, 0.4) is 0 Å². The van der Waals surface area contributed by atoms with Crippen LogP contribution in [-0.4, -0.2) is 200 Å². The van der Waals surface area contributed by atoms with Gasteiger partial charge in [-0.1, -0.05) is 0 Å². The molecule has 376 valence electrons. The molecular formula is C39H66N8O19. The summed E-state index contributed by atoms with van der Waals surface area (Å²) in [6.07, 6.45) is -13.0. The normalized spacial score (nSPS) is 27.8. The average molecular weight is 951 g/mol. The average Bonchev–Trinajstić information content (AvgIpc) is 3.24. The fourth-order valence-electron chi connectivity index (χ4n) is 7.30. The second kappa shape index (κ2) is 26.9. The molecule has 2 aliphatic heterocycles. The Morgan fingerprint density at radius 2 is 1.17 bits per heavy atom. The number of aliphatic hydroxyl groups is 5. The Hall–Kier alpha value is -5.13. The SMILES string of the molecule is CC(=O)N[C@@H]1[C@@H](O)[C@H](O)[C@@H](CO)O[C@H]1[C@H]1[C@H](O[C@H](C)C(=O)N[C@@H](C)C(=O)N[C@H](CCC(=O)N[C@@H](CCCCN)C(=O)N[C@H](C)C(=O)N[C@H](C)C(=O)O)C(=O)O)[C@@H](NC(C)=O)[C@H](O)O[C@@H]1CO. The first kappa shape index (κ1) is 57.0. The summed E-state index contributed by atoms with van der Waals surface area (Å²) in [5.41, 5.74) is 5.55. The third-order valence-corrected chi connectivity index (χ3v) is 10.9. The van der Waals surface area contributed by atoms with Crippen LogP contribution in [0.15, 0.2) is 0 Å². The third kappa shape index (κ3) is 16.6. The number of ether oxygens (including phenoxy) is 3. The molecule has 16 N–H and O–H groups in total. The van der Waals surface area contributed by atoms with Gasteiger partial charge in [-0.15, -0.1) is 0 Å². The number of nitrogens with two attached hydrogens (primary N) is 1. The summed E-state index contributed by atoms with van der Waals surface area (Å²) in [6, 6.07) is -9.79. The zero-order valence-electron chi connectivity index (χ0n) is 37.5. The first-order valence-corrected chi connectivity index (χ1v) is 21.3. The molecule has 27 heteroatoms. The highest BCUT2D eigenvalue weighted by atomic mass is 16.6. The summed E-state index contributed by atoms with van der Waals surface area (Å²) in [4.78, 5) is 113. The van der Waals surface area contributed by atoms with Gasteiger partial charge in [0, 0.05) is 26.2 Å². The summed E-state index contributed by atoms with van der Waals surface area (Å²) in [5, 5.41) is 88.3. The van der Waals surface area contributed by atoms with Crippen LogP contribution in [0.4, 0.5) is 0 Å². The number of carboxylic acid groups (broad SMARTS) is 2. The van der Waals surface area contributed by atoms with E-state index < -0.39 is 177 Å². The molecule has 0 spiro atoms. The summed E-state index contributed by atoms with van der Waals surface area (Å²) < 4.78 is 17.6. The largest absolute Gasteiger partial charge is 0.480 e. The maximum absolute atomic E-state index is 13.5. The second-order valence-corrected chi connectivity index (χ2v) is 16.2. The van der Waals surface area contributed by atoms with Crippen molar-refractivity contribution < 1.29 is 93.1 Å². The highest BCUT2D eigenvalue weighted by molar-refractivity contribution is 5.94. The lowest BCUT2D eigenvalue weighted by Gasteiger charge is -2.52. The zero-order valence-corrected chi connectivity index (χ0v) is 37.5. The molecule has 16 atom stereocenters. The molecule has 2 aliphatic rings. The molecule has 0 unspecified atom stereocenters. The zero-order chi connectivity index (χ0) is 50.2. The molecule has 7 amide bonds. The van der Waals surface area contributed by atoms with Gasteiger partial charge in [0.15, 0.2) is 6.29 Å². The van der Waals surface area contributed by atoms with E-state index in [0.717, 1.165) is 13.8 Å². The van der Waals surface area contributed by atoms with Crippen LogP contribution >= 0.6 is 0 Å². The number of aliphatic carboxylic acids is 2. The van der Waals surface area contributed by atoms with Gasteiger partial charge in [0.05, 0.1) is 37.6 Å². The monoisotopic (exact) mass is 950 g/mol. The second-order valence-electron chi connectivity index (χ2n) is 16.2. The van der Waals surface area contributed by atoms with Crippen molar-refractivity contribution in [2.24, 2.45) is 11.7 Å². The predicted octanol–water partition coefficient (Wildman–Crippen LogP) is -6.86. The van der Waals surface area contributed by atoms with Crippen molar-refractivity contribution in [3.63, 3.8) is 0 Å². The maximum atomic E-state index is 13.5. The fraction of sp³-hybridized carbons (Fsp3) is 0.769. The van der Waals surface area contributed by atoms with E-state index in [1.807, 2.05) is 0 Å². The predicted molar refractivity (Wildman–Crippen MR) is 223 cm³/mol. The Morgan fingerprint density at radius 1 is 0.621 bits per heavy atom. The number of amides is 7. The summed E-state index contributed by atoms with van der Waals surface area (Å²) >= 11 is 0. The van der Waals surface area contributed by atoms with Crippen molar-refractivity contribution in [1.29, 1.82) is 0 Å². The lowest BCUT2D eigenvalue weighted by Crippen LogP contribution is -2.72. The van der Waals surface area contributed by atoms with Gasteiger partial charge in [-0.05, 0) is 59.9 Å². The number of aliphatic hydroxyl groups excluding tert-OH is 5. The van der Waals surface area contributed by atoms with E-state index in [2.05, 4.69) is 37.2 Å². The Kier molecular flexibility index (Phi) is 23.2. The first-order valence-electron chi connectivity index (χ1n) is 21.3. The summed E-state index contributed by atoms with van der Waals surface area (Å²) in [5.74, 6) is -10.1. The molecule has 27 nitrogen and oxygen atoms in total. The Bertz CT molecular complexity index is 1710. The van der Waals surface area contributed by atoms with E-state index in [0.29, 0.717) is 12.8 Å². The quantitative estimate of drug-likeness (QED) is 0.0378. The van der Waals surface area contributed by atoms with E-state index in [4.69, 9.17) is 25.1 Å². The minimum absolute atomic E-state index is 0.0716. The molecular weight excluding hydrogens is 884 g/mol. The van der Waals surface area contributed by atoms with Gasteiger partial charge < -0.3 is 92.9 Å².